The molecule has 0 aliphatic carbocycles. The number of H-pyrrole nitrogens is 1. The van der Waals surface area contributed by atoms with Gasteiger partial charge in [-0.2, -0.15) is 5.10 Å². The molecule has 2 rings (SSSR count). The number of anilines is 1. The van der Waals surface area contributed by atoms with E-state index >= 15 is 0 Å². The number of hydrogen-bond acceptors (Lipinski definition) is 3. The molecule has 2 aromatic rings. The molecule has 0 unspecified atom stereocenters. The van der Waals surface area contributed by atoms with Crippen molar-refractivity contribution in [3.05, 3.63) is 35.0 Å². The number of ether oxygens (including phenoxy) is 1. The molecule has 5 heteroatoms. The maximum Gasteiger partial charge on any atom is 0.156 e. The number of methoxy groups -OCH3 is 1. The fourth-order valence-corrected chi connectivity index (χ4v) is 1.92. The minimum atomic E-state index is 0.645. The van der Waals surface area contributed by atoms with Crippen molar-refractivity contribution in [3.63, 3.8) is 0 Å². The van der Waals surface area contributed by atoms with Crippen LogP contribution in [0.2, 0.25) is 5.02 Å². The van der Waals surface area contributed by atoms with Gasteiger partial charge in [0.1, 0.15) is 0 Å². The van der Waals surface area contributed by atoms with Gasteiger partial charge in [-0.1, -0.05) is 23.7 Å². The molecule has 0 amide bonds. The number of nitrogens with zero attached hydrogens (tertiary/aromatic N) is 1. The van der Waals surface area contributed by atoms with E-state index in [2.05, 4.69) is 15.5 Å². The summed E-state index contributed by atoms with van der Waals surface area (Å²) >= 11 is 5.90. The minimum absolute atomic E-state index is 0.645. The van der Waals surface area contributed by atoms with Crippen LogP contribution in [0.1, 0.15) is 5.69 Å². The molecular weight excluding hydrogens is 250 g/mol. The van der Waals surface area contributed by atoms with Crippen LogP contribution in [-0.4, -0.2) is 30.5 Å². The number of aromatic nitrogens is 2. The summed E-state index contributed by atoms with van der Waals surface area (Å²) in [5, 5.41) is 11.2. The van der Waals surface area contributed by atoms with Crippen molar-refractivity contribution in [1.29, 1.82) is 0 Å². The van der Waals surface area contributed by atoms with Gasteiger partial charge in [-0.05, 0) is 24.6 Å². The van der Waals surface area contributed by atoms with E-state index in [0.29, 0.717) is 6.61 Å². The van der Waals surface area contributed by atoms with E-state index < -0.39 is 0 Å². The van der Waals surface area contributed by atoms with Crippen molar-refractivity contribution in [2.75, 3.05) is 25.6 Å². The standard InChI is InChI=1S/C13H16ClN3O/c1-9-12(10-3-5-11(14)6-4-10)13(17-16-9)15-7-8-18-2/h3-6H,7-8H2,1-2H3,(H2,15,16,17). The fourth-order valence-electron chi connectivity index (χ4n) is 1.80. The molecule has 18 heavy (non-hydrogen) atoms. The van der Waals surface area contributed by atoms with Gasteiger partial charge in [0.15, 0.2) is 5.82 Å². The van der Waals surface area contributed by atoms with Gasteiger partial charge in [0.05, 0.1) is 6.61 Å². The normalized spacial score (nSPS) is 10.6. The number of rotatable bonds is 5. The first-order valence-corrected chi connectivity index (χ1v) is 6.14. The summed E-state index contributed by atoms with van der Waals surface area (Å²) in [6.45, 7) is 3.37. The van der Waals surface area contributed by atoms with Crippen LogP contribution >= 0.6 is 11.6 Å². The van der Waals surface area contributed by atoms with Crippen molar-refractivity contribution >= 4 is 17.4 Å². The molecule has 0 saturated carbocycles. The van der Waals surface area contributed by atoms with E-state index in [4.69, 9.17) is 16.3 Å². The first kappa shape index (κ1) is 12.9. The topological polar surface area (TPSA) is 49.9 Å². The fraction of sp³-hybridized carbons (Fsp3) is 0.308. The van der Waals surface area contributed by atoms with Gasteiger partial charge in [0, 0.05) is 29.9 Å². The maximum atomic E-state index is 5.90. The third-order valence-corrected chi connectivity index (χ3v) is 2.93. The molecule has 96 valence electrons. The van der Waals surface area contributed by atoms with Crippen molar-refractivity contribution in [3.8, 4) is 11.1 Å². The van der Waals surface area contributed by atoms with Crippen LogP contribution in [-0.2, 0) is 4.74 Å². The lowest BCUT2D eigenvalue weighted by Crippen LogP contribution is -2.08. The smallest absolute Gasteiger partial charge is 0.156 e. The highest BCUT2D eigenvalue weighted by atomic mass is 35.5. The highest BCUT2D eigenvalue weighted by Gasteiger charge is 2.11. The zero-order valence-electron chi connectivity index (χ0n) is 10.5. The zero-order chi connectivity index (χ0) is 13.0. The predicted molar refractivity (Wildman–Crippen MR) is 74.1 cm³/mol. The molecule has 4 nitrogen and oxygen atoms in total. The Labute approximate surface area is 111 Å². The summed E-state index contributed by atoms with van der Waals surface area (Å²) in [5.74, 6) is 0.840. The summed E-state index contributed by atoms with van der Waals surface area (Å²) in [4.78, 5) is 0. The number of halogens is 1. The Morgan fingerprint density at radius 3 is 2.72 bits per heavy atom. The largest absolute Gasteiger partial charge is 0.383 e. The van der Waals surface area contributed by atoms with Crippen molar-refractivity contribution < 1.29 is 4.74 Å². The van der Waals surface area contributed by atoms with Crippen LogP contribution in [0.4, 0.5) is 5.82 Å². The molecule has 1 heterocycles. The van der Waals surface area contributed by atoms with Gasteiger partial charge in [-0.15, -0.1) is 0 Å². The second kappa shape index (κ2) is 5.89. The molecule has 0 bridgehead atoms. The Balaban J connectivity index is 2.25. The highest BCUT2D eigenvalue weighted by molar-refractivity contribution is 6.30. The summed E-state index contributed by atoms with van der Waals surface area (Å²) in [6, 6.07) is 7.73. The van der Waals surface area contributed by atoms with Gasteiger partial charge < -0.3 is 10.1 Å². The van der Waals surface area contributed by atoms with E-state index in [1.165, 1.54) is 0 Å². The van der Waals surface area contributed by atoms with Crippen LogP contribution in [0.5, 0.6) is 0 Å². The summed E-state index contributed by atoms with van der Waals surface area (Å²) in [7, 11) is 1.68. The lowest BCUT2D eigenvalue weighted by atomic mass is 10.1. The SMILES string of the molecule is COCCNc1n[nH]c(C)c1-c1ccc(Cl)cc1. The van der Waals surface area contributed by atoms with Gasteiger partial charge in [-0.3, -0.25) is 5.10 Å². The molecule has 0 spiro atoms. The Hall–Kier alpha value is -1.52. The average Bonchev–Trinajstić information content (AvgIpc) is 2.72. The quantitative estimate of drug-likeness (QED) is 0.817. The summed E-state index contributed by atoms with van der Waals surface area (Å²) in [5.41, 5.74) is 3.19. The lowest BCUT2D eigenvalue weighted by molar-refractivity contribution is 0.210. The Kier molecular flexibility index (Phi) is 4.23. The lowest BCUT2D eigenvalue weighted by Gasteiger charge is -2.06. The Morgan fingerprint density at radius 1 is 1.33 bits per heavy atom. The number of aryl methyl sites for hydroxylation is 1. The Bertz CT molecular complexity index is 507. The molecule has 2 N–H and O–H groups in total. The van der Waals surface area contributed by atoms with E-state index in [1.54, 1.807) is 7.11 Å². The van der Waals surface area contributed by atoms with Crippen molar-refractivity contribution in [2.24, 2.45) is 0 Å². The molecule has 0 aliphatic rings. The molecule has 0 aliphatic heterocycles. The van der Waals surface area contributed by atoms with Crippen LogP contribution in [0.25, 0.3) is 11.1 Å². The molecular formula is C13H16ClN3O. The van der Waals surface area contributed by atoms with Gasteiger partial charge >= 0.3 is 0 Å². The molecule has 0 saturated heterocycles. The highest BCUT2D eigenvalue weighted by Crippen LogP contribution is 2.30. The first-order chi connectivity index (χ1) is 8.72. The van der Waals surface area contributed by atoms with Gasteiger partial charge in [0.2, 0.25) is 0 Å². The van der Waals surface area contributed by atoms with Crippen molar-refractivity contribution in [1.82, 2.24) is 10.2 Å². The van der Waals surface area contributed by atoms with Crippen LogP contribution in [0.15, 0.2) is 24.3 Å². The van der Waals surface area contributed by atoms with Crippen LogP contribution < -0.4 is 5.32 Å². The second-order valence-electron chi connectivity index (χ2n) is 4.00. The van der Waals surface area contributed by atoms with Crippen LogP contribution in [0.3, 0.4) is 0 Å². The molecule has 1 aromatic carbocycles. The van der Waals surface area contributed by atoms with E-state index in [9.17, 15) is 0 Å². The third kappa shape index (κ3) is 2.83. The molecule has 1 aromatic heterocycles. The third-order valence-electron chi connectivity index (χ3n) is 2.68. The molecule has 0 fully saturated rings. The second-order valence-corrected chi connectivity index (χ2v) is 4.44. The first-order valence-electron chi connectivity index (χ1n) is 5.76. The number of benzene rings is 1. The Morgan fingerprint density at radius 2 is 2.06 bits per heavy atom. The minimum Gasteiger partial charge on any atom is -0.383 e. The average molecular weight is 266 g/mol. The van der Waals surface area contributed by atoms with Crippen molar-refractivity contribution in [2.45, 2.75) is 6.92 Å². The van der Waals surface area contributed by atoms with Gasteiger partial charge in [0.25, 0.3) is 0 Å². The number of hydrogen-bond donors (Lipinski definition) is 2. The number of nitrogens with one attached hydrogen (secondary N) is 2. The van der Waals surface area contributed by atoms with E-state index in [1.807, 2.05) is 31.2 Å². The molecule has 0 radical (unpaired) electrons. The van der Waals surface area contributed by atoms with E-state index in [-0.39, 0.29) is 0 Å². The maximum absolute atomic E-state index is 5.90. The predicted octanol–water partition coefficient (Wildman–Crippen LogP) is 3.10. The summed E-state index contributed by atoms with van der Waals surface area (Å²) < 4.78 is 5.01. The van der Waals surface area contributed by atoms with Gasteiger partial charge in [-0.25, -0.2) is 0 Å². The molecule has 0 atom stereocenters. The monoisotopic (exact) mass is 265 g/mol. The summed E-state index contributed by atoms with van der Waals surface area (Å²) in [6.07, 6.45) is 0. The van der Waals surface area contributed by atoms with E-state index in [0.717, 1.165) is 34.2 Å². The zero-order valence-corrected chi connectivity index (χ0v) is 11.2. The number of aromatic amines is 1. The van der Waals surface area contributed by atoms with Crippen LogP contribution in [0, 0.1) is 6.92 Å².